The summed E-state index contributed by atoms with van der Waals surface area (Å²) in [6.07, 6.45) is 0. The molecule has 0 amide bonds. The highest BCUT2D eigenvalue weighted by molar-refractivity contribution is 7.67. The molecule has 0 aliphatic heterocycles. The Labute approximate surface area is 118 Å². The van der Waals surface area contributed by atoms with Crippen LogP contribution in [0.5, 0.6) is 0 Å². The van der Waals surface area contributed by atoms with Crippen LogP contribution < -0.4 is 16.4 Å². The Kier molecular flexibility index (Phi) is 4.65. The van der Waals surface area contributed by atoms with Gasteiger partial charge in [0, 0.05) is 0 Å². The molecule has 0 spiro atoms. The molecule has 0 atom stereocenters. The molecule has 0 aromatic heterocycles. The monoisotopic (exact) mass is 270 g/mol. The van der Waals surface area contributed by atoms with Gasteiger partial charge in [-0.2, -0.15) is 0 Å². The van der Waals surface area contributed by atoms with E-state index < -0.39 is 0 Å². The lowest BCUT2D eigenvalue weighted by molar-refractivity contribution is 1.02. The molecule has 0 heterocycles. The van der Waals surface area contributed by atoms with Crippen LogP contribution in [0.2, 0.25) is 0 Å². The Balaban J connectivity index is 2.72. The minimum atomic E-state index is -0.171. The lowest BCUT2D eigenvalue weighted by Gasteiger charge is -2.28. The standard InChI is InChI=1S/C16H22BNP/c1-11(2)19(12(3)4)15-10-6-8-13-7-5-9-14(17-18)16(13)15/h5-12H,18H2,1-4H3. The second-order valence-corrected chi connectivity index (χ2v) is 8.85. The van der Waals surface area contributed by atoms with E-state index in [1.807, 2.05) is 0 Å². The molecule has 0 saturated heterocycles. The Morgan fingerprint density at radius 1 is 0.947 bits per heavy atom. The van der Waals surface area contributed by atoms with Crippen molar-refractivity contribution >= 4 is 36.9 Å². The number of nitrogens with two attached hydrogens (primary N) is 1. The smallest absolute Gasteiger partial charge is 0.242 e. The first-order chi connectivity index (χ1) is 9.06. The van der Waals surface area contributed by atoms with Gasteiger partial charge in [0.25, 0.3) is 0 Å². The maximum absolute atomic E-state index is 5.82. The van der Waals surface area contributed by atoms with Crippen molar-refractivity contribution in [2.24, 2.45) is 5.64 Å². The maximum atomic E-state index is 5.82. The normalized spacial score (nSPS) is 11.8. The number of benzene rings is 2. The molecule has 0 aliphatic carbocycles. The fraction of sp³-hybridized carbons (Fsp3) is 0.375. The van der Waals surface area contributed by atoms with Crippen LogP contribution in [0.25, 0.3) is 10.8 Å². The molecular formula is C16H22BNP. The third kappa shape index (κ3) is 2.85. The summed E-state index contributed by atoms with van der Waals surface area (Å²) in [4.78, 5) is 0. The molecule has 0 aliphatic rings. The van der Waals surface area contributed by atoms with Crippen LogP contribution in [0, 0.1) is 0 Å². The lowest BCUT2D eigenvalue weighted by atomic mass is 9.81. The van der Waals surface area contributed by atoms with E-state index in [9.17, 15) is 0 Å². The molecule has 0 saturated carbocycles. The highest BCUT2D eigenvalue weighted by Gasteiger charge is 2.21. The summed E-state index contributed by atoms with van der Waals surface area (Å²) in [6.45, 7) is 9.33. The molecule has 0 unspecified atom stereocenters. The largest absolute Gasteiger partial charge is 0.370 e. The van der Waals surface area contributed by atoms with Gasteiger partial charge in [-0.25, -0.2) is 0 Å². The Hall–Kier alpha value is -0.845. The van der Waals surface area contributed by atoms with Gasteiger partial charge in [0.05, 0.1) is 0 Å². The summed E-state index contributed by atoms with van der Waals surface area (Å²) in [5.74, 6) is 0. The van der Waals surface area contributed by atoms with Crippen LogP contribution in [0.15, 0.2) is 36.4 Å². The van der Waals surface area contributed by atoms with E-state index in [4.69, 9.17) is 5.64 Å². The average Bonchev–Trinajstić information content (AvgIpc) is 2.37. The van der Waals surface area contributed by atoms with Crippen LogP contribution in [-0.4, -0.2) is 18.7 Å². The van der Waals surface area contributed by atoms with Crippen molar-refractivity contribution in [1.82, 2.24) is 0 Å². The molecule has 2 aromatic carbocycles. The molecular weight excluding hydrogens is 248 g/mol. The first-order valence-electron chi connectivity index (χ1n) is 6.91. The topological polar surface area (TPSA) is 26.0 Å². The van der Waals surface area contributed by atoms with Gasteiger partial charge in [-0.15, -0.1) is 0 Å². The molecule has 3 heteroatoms. The Bertz CT molecular complexity index is 552. The Morgan fingerprint density at radius 3 is 2.05 bits per heavy atom. The quantitative estimate of drug-likeness (QED) is 0.670. The average molecular weight is 270 g/mol. The van der Waals surface area contributed by atoms with Gasteiger partial charge in [0.1, 0.15) is 0 Å². The summed E-state index contributed by atoms with van der Waals surface area (Å²) in [6, 6.07) is 13.0. The zero-order valence-corrected chi connectivity index (χ0v) is 13.1. The predicted octanol–water partition coefficient (Wildman–Crippen LogP) is 2.97. The van der Waals surface area contributed by atoms with E-state index in [0.717, 1.165) is 5.46 Å². The van der Waals surface area contributed by atoms with Crippen molar-refractivity contribution in [1.29, 1.82) is 0 Å². The van der Waals surface area contributed by atoms with E-state index in [1.165, 1.54) is 16.1 Å². The highest BCUT2D eigenvalue weighted by atomic mass is 31.1. The van der Waals surface area contributed by atoms with Crippen LogP contribution in [-0.2, 0) is 0 Å². The van der Waals surface area contributed by atoms with Crippen molar-refractivity contribution < 1.29 is 0 Å². The van der Waals surface area contributed by atoms with Gasteiger partial charge >= 0.3 is 0 Å². The highest BCUT2D eigenvalue weighted by Crippen LogP contribution is 2.46. The number of rotatable bonds is 4. The predicted molar refractivity (Wildman–Crippen MR) is 90.3 cm³/mol. The van der Waals surface area contributed by atoms with Gasteiger partial charge in [0.15, 0.2) is 0 Å². The fourth-order valence-corrected chi connectivity index (χ4v) is 5.94. The van der Waals surface area contributed by atoms with Crippen LogP contribution in [0.4, 0.5) is 0 Å². The van der Waals surface area contributed by atoms with Crippen molar-refractivity contribution in [3.8, 4) is 0 Å². The van der Waals surface area contributed by atoms with E-state index in [0.29, 0.717) is 11.3 Å². The third-order valence-electron chi connectivity index (χ3n) is 3.49. The van der Waals surface area contributed by atoms with E-state index in [1.54, 1.807) is 7.41 Å². The molecule has 0 fully saturated rings. The molecule has 1 nitrogen and oxygen atoms in total. The van der Waals surface area contributed by atoms with Crippen molar-refractivity contribution in [3.05, 3.63) is 36.4 Å². The molecule has 2 N–H and O–H groups in total. The van der Waals surface area contributed by atoms with Gasteiger partial charge in [-0.1, -0.05) is 77.5 Å². The van der Waals surface area contributed by atoms with Gasteiger partial charge in [-0.3, -0.25) is 0 Å². The minimum absolute atomic E-state index is 0.171. The van der Waals surface area contributed by atoms with Crippen molar-refractivity contribution in [2.75, 3.05) is 0 Å². The summed E-state index contributed by atoms with van der Waals surface area (Å²) < 4.78 is 0. The zero-order chi connectivity index (χ0) is 14.0. The Morgan fingerprint density at radius 2 is 1.53 bits per heavy atom. The van der Waals surface area contributed by atoms with Crippen LogP contribution >= 0.6 is 7.92 Å². The lowest BCUT2D eigenvalue weighted by Crippen LogP contribution is -2.28. The van der Waals surface area contributed by atoms with Gasteiger partial charge in [-0.05, 0) is 27.4 Å². The molecule has 99 valence electrons. The van der Waals surface area contributed by atoms with Gasteiger partial charge < -0.3 is 5.64 Å². The van der Waals surface area contributed by atoms with E-state index in [2.05, 4.69) is 64.1 Å². The SMILES string of the molecule is CC(C)P(c1cccc2cccc([B]N)c12)C(C)C. The summed E-state index contributed by atoms with van der Waals surface area (Å²) in [5.41, 5.74) is 8.35. The van der Waals surface area contributed by atoms with Crippen LogP contribution in [0.1, 0.15) is 27.7 Å². The third-order valence-corrected chi connectivity index (χ3v) is 6.64. The second kappa shape index (κ2) is 6.07. The molecule has 2 rings (SSSR count). The second-order valence-electron chi connectivity index (χ2n) is 5.48. The minimum Gasteiger partial charge on any atom is -0.370 e. The first kappa shape index (κ1) is 14.6. The zero-order valence-electron chi connectivity index (χ0n) is 12.2. The van der Waals surface area contributed by atoms with Gasteiger partial charge in [0.2, 0.25) is 7.41 Å². The fourth-order valence-electron chi connectivity index (χ4n) is 2.86. The maximum Gasteiger partial charge on any atom is 0.242 e. The van der Waals surface area contributed by atoms with Crippen molar-refractivity contribution in [3.63, 3.8) is 0 Å². The molecule has 1 radical (unpaired) electrons. The van der Waals surface area contributed by atoms with E-state index in [-0.39, 0.29) is 7.92 Å². The number of hydrogen-bond donors (Lipinski definition) is 1. The summed E-state index contributed by atoms with van der Waals surface area (Å²) in [7, 11) is 1.57. The molecule has 2 aromatic rings. The summed E-state index contributed by atoms with van der Waals surface area (Å²) in [5, 5.41) is 4.14. The number of fused-ring (bicyclic) bond motifs is 1. The molecule has 19 heavy (non-hydrogen) atoms. The molecule has 0 bridgehead atoms. The van der Waals surface area contributed by atoms with E-state index >= 15 is 0 Å². The summed E-state index contributed by atoms with van der Waals surface area (Å²) >= 11 is 0. The van der Waals surface area contributed by atoms with Crippen LogP contribution in [0.3, 0.4) is 0 Å². The number of hydrogen-bond acceptors (Lipinski definition) is 1. The first-order valence-corrected chi connectivity index (χ1v) is 8.39. The van der Waals surface area contributed by atoms with Crippen molar-refractivity contribution in [2.45, 2.75) is 39.0 Å².